The summed E-state index contributed by atoms with van der Waals surface area (Å²) in [5.74, 6) is 0. The number of likely N-dealkylation sites (N-methyl/N-ethyl adjacent to an activating group) is 1. The van der Waals surface area contributed by atoms with E-state index in [9.17, 15) is 9.90 Å². The highest BCUT2D eigenvalue weighted by atomic mass is 16.4. The van der Waals surface area contributed by atoms with Crippen LogP contribution in [0, 0.1) is 0 Å². The van der Waals surface area contributed by atoms with Crippen molar-refractivity contribution < 1.29 is 9.90 Å². The summed E-state index contributed by atoms with van der Waals surface area (Å²) in [6, 6.07) is 8.27. The smallest absolute Gasteiger partial charge is 0.407 e. The average Bonchev–Trinajstić information content (AvgIpc) is 2.48. The second kappa shape index (κ2) is 6.03. The molecule has 5 nitrogen and oxygen atoms in total. The maximum atomic E-state index is 11.6. The number of fused-ring (bicyclic) bond motifs is 1. The first kappa shape index (κ1) is 14.4. The summed E-state index contributed by atoms with van der Waals surface area (Å²) in [5.41, 5.74) is 2.45. The first-order valence-electron chi connectivity index (χ1n) is 7.61. The zero-order chi connectivity index (χ0) is 14.8. The molecule has 0 saturated carbocycles. The molecule has 1 N–H and O–H groups in total. The standard InChI is InChI=1S/C16H23N3O2/c1-17-6-8-18(9-7-17)12-15-10-13-4-2-3-5-14(13)11-19(15)16(20)21/h2-5,15H,6-12H2,1H3,(H,20,21). The molecule has 21 heavy (non-hydrogen) atoms. The van der Waals surface area contributed by atoms with Gasteiger partial charge in [-0.1, -0.05) is 24.3 Å². The van der Waals surface area contributed by atoms with E-state index in [0.717, 1.165) is 44.7 Å². The lowest BCUT2D eigenvalue weighted by atomic mass is 9.94. The van der Waals surface area contributed by atoms with Crippen LogP contribution in [0.2, 0.25) is 0 Å². The molecule has 1 atom stereocenters. The Morgan fingerprint density at radius 3 is 2.52 bits per heavy atom. The fraction of sp³-hybridized carbons (Fsp3) is 0.562. The van der Waals surface area contributed by atoms with Crippen molar-refractivity contribution in [1.82, 2.24) is 14.7 Å². The van der Waals surface area contributed by atoms with Crippen LogP contribution in [0.4, 0.5) is 4.79 Å². The maximum Gasteiger partial charge on any atom is 0.407 e. The first-order chi connectivity index (χ1) is 10.1. The third-order valence-corrected chi connectivity index (χ3v) is 4.67. The van der Waals surface area contributed by atoms with Gasteiger partial charge in [0.1, 0.15) is 0 Å². The SMILES string of the molecule is CN1CCN(CC2Cc3ccccc3CN2C(=O)O)CC1. The van der Waals surface area contributed by atoms with Crippen LogP contribution in [0.15, 0.2) is 24.3 Å². The summed E-state index contributed by atoms with van der Waals surface area (Å²) in [6.45, 7) is 5.55. The molecule has 0 bridgehead atoms. The van der Waals surface area contributed by atoms with Crippen LogP contribution in [0.3, 0.4) is 0 Å². The largest absolute Gasteiger partial charge is 0.465 e. The summed E-state index contributed by atoms with van der Waals surface area (Å²) in [7, 11) is 2.14. The van der Waals surface area contributed by atoms with Gasteiger partial charge in [-0.15, -0.1) is 0 Å². The molecular weight excluding hydrogens is 266 g/mol. The van der Waals surface area contributed by atoms with Crippen LogP contribution in [0.25, 0.3) is 0 Å². The van der Waals surface area contributed by atoms with E-state index in [-0.39, 0.29) is 6.04 Å². The predicted molar refractivity (Wildman–Crippen MR) is 81.4 cm³/mol. The van der Waals surface area contributed by atoms with Crippen molar-refractivity contribution in [2.24, 2.45) is 0 Å². The summed E-state index contributed by atoms with van der Waals surface area (Å²) in [5, 5.41) is 9.50. The van der Waals surface area contributed by atoms with Crippen molar-refractivity contribution in [2.45, 2.75) is 19.0 Å². The van der Waals surface area contributed by atoms with E-state index in [1.54, 1.807) is 4.90 Å². The zero-order valence-electron chi connectivity index (χ0n) is 12.5. The fourth-order valence-corrected chi connectivity index (χ4v) is 3.30. The van der Waals surface area contributed by atoms with Gasteiger partial charge in [0.15, 0.2) is 0 Å². The zero-order valence-corrected chi connectivity index (χ0v) is 12.5. The highest BCUT2D eigenvalue weighted by Gasteiger charge is 2.31. The van der Waals surface area contributed by atoms with Gasteiger partial charge in [-0.25, -0.2) is 4.79 Å². The van der Waals surface area contributed by atoms with E-state index in [4.69, 9.17) is 0 Å². The molecule has 0 spiro atoms. The molecule has 1 aromatic rings. The Morgan fingerprint density at radius 1 is 1.19 bits per heavy atom. The number of benzene rings is 1. The molecule has 0 aromatic heterocycles. The van der Waals surface area contributed by atoms with Gasteiger partial charge in [0.2, 0.25) is 0 Å². The van der Waals surface area contributed by atoms with Gasteiger partial charge in [0.25, 0.3) is 0 Å². The summed E-state index contributed by atoms with van der Waals surface area (Å²) >= 11 is 0. The Balaban J connectivity index is 1.72. The van der Waals surface area contributed by atoms with Crippen LogP contribution >= 0.6 is 0 Å². The van der Waals surface area contributed by atoms with E-state index in [2.05, 4.69) is 22.9 Å². The van der Waals surface area contributed by atoms with Gasteiger partial charge in [-0.2, -0.15) is 0 Å². The number of carbonyl (C=O) groups is 1. The number of nitrogens with zero attached hydrogens (tertiary/aromatic N) is 3. The number of hydrogen-bond acceptors (Lipinski definition) is 3. The lowest BCUT2D eigenvalue weighted by molar-refractivity contribution is 0.0801. The van der Waals surface area contributed by atoms with Crippen molar-refractivity contribution in [3.05, 3.63) is 35.4 Å². The Hall–Kier alpha value is -1.59. The average molecular weight is 289 g/mol. The van der Waals surface area contributed by atoms with Crippen molar-refractivity contribution in [3.63, 3.8) is 0 Å². The van der Waals surface area contributed by atoms with Crippen LogP contribution in [-0.4, -0.2) is 71.7 Å². The van der Waals surface area contributed by atoms with Crippen molar-refractivity contribution in [2.75, 3.05) is 39.8 Å². The summed E-state index contributed by atoms with van der Waals surface area (Å²) in [6.07, 6.45) is 0.0260. The van der Waals surface area contributed by atoms with E-state index in [1.807, 2.05) is 18.2 Å². The molecule has 1 unspecified atom stereocenters. The molecule has 114 valence electrons. The third kappa shape index (κ3) is 3.19. The normalized spacial score (nSPS) is 23.9. The van der Waals surface area contributed by atoms with E-state index < -0.39 is 6.09 Å². The molecule has 1 amide bonds. The Morgan fingerprint density at radius 2 is 1.86 bits per heavy atom. The number of rotatable bonds is 2. The fourth-order valence-electron chi connectivity index (χ4n) is 3.30. The Labute approximate surface area is 125 Å². The van der Waals surface area contributed by atoms with Gasteiger partial charge in [-0.05, 0) is 24.6 Å². The maximum absolute atomic E-state index is 11.6. The van der Waals surface area contributed by atoms with Gasteiger partial charge >= 0.3 is 6.09 Å². The molecule has 2 aliphatic heterocycles. The molecule has 0 aliphatic carbocycles. The van der Waals surface area contributed by atoms with Crippen LogP contribution < -0.4 is 0 Å². The summed E-state index contributed by atoms with van der Waals surface area (Å²) < 4.78 is 0. The van der Waals surface area contributed by atoms with Gasteiger partial charge < -0.3 is 10.0 Å². The highest BCUT2D eigenvalue weighted by Crippen LogP contribution is 2.24. The minimum atomic E-state index is -0.802. The second-order valence-electron chi connectivity index (χ2n) is 6.14. The lowest BCUT2D eigenvalue weighted by Gasteiger charge is -2.40. The van der Waals surface area contributed by atoms with Crippen LogP contribution in [-0.2, 0) is 13.0 Å². The molecule has 2 heterocycles. The molecule has 1 fully saturated rings. The van der Waals surface area contributed by atoms with E-state index in [1.165, 1.54) is 5.56 Å². The highest BCUT2D eigenvalue weighted by molar-refractivity contribution is 5.66. The third-order valence-electron chi connectivity index (χ3n) is 4.67. The van der Waals surface area contributed by atoms with Gasteiger partial charge in [-0.3, -0.25) is 9.80 Å². The monoisotopic (exact) mass is 289 g/mol. The minimum absolute atomic E-state index is 0.0702. The minimum Gasteiger partial charge on any atom is -0.465 e. The molecule has 3 rings (SSSR count). The summed E-state index contributed by atoms with van der Waals surface area (Å²) in [4.78, 5) is 17.9. The van der Waals surface area contributed by atoms with Crippen LogP contribution in [0.1, 0.15) is 11.1 Å². The molecular formula is C16H23N3O2. The van der Waals surface area contributed by atoms with E-state index in [0.29, 0.717) is 6.54 Å². The van der Waals surface area contributed by atoms with E-state index >= 15 is 0 Å². The van der Waals surface area contributed by atoms with Crippen molar-refractivity contribution in [3.8, 4) is 0 Å². The van der Waals surface area contributed by atoms with Gasteiger partial charge in [0, 0.05) is 39.3 Å². The predicted octanol–water partition coefficient (Wildman–Crippen LogP) is 1.34. The molecule has 5 heteroatoms. The van der Waals surface area contributed by atoms with Crippen LogP contribution in [0.5, 0.6) is 0 Å². The Kier molecular flexibility index (Phi) is 4.12. The molecule has 2 aliphatic rings. The second-order valence-corrected chi connectivity index (χ2v) is 6.14. The van der Waals surface area contributed by atoms with Crippen molar-refractivity contribution in [1.29, 1.82) is 0 Å². The number of hydrogen-bond donors (Lipinski definition) is 1. The number of carboxylic acid groups (broad SMARTS) is 1. The first-order valence-corrected chi connectivity index (χ1v) is 7.61. The number of piperazine rings is 1. The molecule has 1 saturated heterocycles. The topological polar surface area (TPSA) is 47.0 Å². The van der Waals surface area contributed by atoms with Gasteiger partial charge in [0.05, 0.1) is 6.04 Å². The molecule has 0 radical (unpaired) electrons. The lowest BCUT2D eigenvalue weighted by Crippen LogP contribution is -2.53. The Bertz CT molecular complexity index is 512. The quantitative estimate of drug-likeness (QED) is 0.892. The number of amides is 1. The molecule has 1 aromatic carbocycles. The van der Waals surface area contributed by atoms with Crippen molar-refractivity contribution >= 4 is 6.09 Å².